The normalized spacial score (nSPS) is 10.3. The summed E-state index contributed by atoms with van der Waals surface area (Å²) in [5.41, 5.74) is 0.629. The Balaban J connectivity index is 2.37. The molecule has 0 aliphatic carbocycles. The van der Waals surface area contributed by atoms with Crippen molar-refractivity contribution in [3.05, 3.63) is 53.1 Å². The van der Waals surface area contributed by atoms with Crippen molar-refractivity contribution in [2.75, 3.05) is 5.32 Å². The molecule has 19 heavy (non-hydrogen) atoms. The summed E-state index contributed by atoms with van der Waals surface area (Å²) in [6.45, 7) is 3.25. The van der Waals surface area contributed by atoms with Gasteiger partial charge in [0.15, 0.2) is 0 Å². The number of amides is 1. The highest BCUT2D eigenvalue weighted by atomic mass is 19.1. The topological polar surface area (TPSA) is 54.9 Å². The number of carbonyl (C=O) groups is 1. The zero-order chi connectivity index (χ0) is 14.0. The van der Waals surface area contributed by atoms with Crippen molar-refractivity contribution < 1.29 is 13.6 Å². The maximum atomic E-state index is 13.4. The second-order valence-electron chi connectivity index (χ2n) is 3.97. The number of aromatic nitrogens is 2. The number of nitrogens with zero attached hydrogens (tertiary/aromatic N) is 2. The van der Waals surface area contributed by atoms with E-state index < -0.39 is 23.2 Å². The van der Waals surface area contributed by atoms with E-state index in [1.165, 1.54) is 12.4 Å². The van der Waals surface area contributed by atoms with E-state index in [0.29, 0.717) is 11.4 Å². The lowest BCUT2D eigenvalue weighted by atomic mass is 10.1. The fraction of sp³-hybridized carbons (Fsp3) is 0.154. The first-order valence-corrected chi connectivity index (χ1v) is 5.54. The average Bonchev–Trinajstić information content (AvgIpc) is 2.34. The van der Waals surface area contributed by atoms with Crippen LogP contribution in [0.15, 0.2) is 24.5 Å². The van der Waals surface area contributed by atoms with E-state index in [4.69, 9.17) is 0 Å². The molecule has 0 atom stereocenters. The van der Waals surface area contributed by atoms with Crippen LogP contribution >= 0.6 is 0 Å². The van der Waals surface area contributed by atoms with Crippen LogP contribution in [0.3, 0.4) is 0 Å². The number of hydrogen-bond donors (Lipinski definition) is 1. The fourth-order valence-corrected chi connectivity index (χ4v) is 1.71. The zero-order valence-electron chi connectivity index (χ0n) is 10.4. The van der Waals surface area contributed by atoms with E-state index in [2.05, 4.69) is 15.3 Å². The number of para-hydroxylation sites is 1. The molecule has 1 aromatic heterocycles. The third kappa shape index (κ3) is 2.57. The Bertz CT molecular complexity index is 603. The number of carbonyl (C=O) groups excluding carboxylic acids is 1. The number of anilines is 1. The summed E-state index contributed by atoms with van der Waals surface area (Å²) < 4.78 is 26.9. The third-order valence-corrected chi connectivity index (χ3v) is 2.65. The quantitative estimate of drug-likeness (QED) is 0.906. The van der Waals surface area contributed by atoms with Crippen molar-refractivity contribution in [1.29, 1.82) is 0 Å². The molecule has 4 nitrogen and oxygen atoms in total. The first-order chi connectivity index (χ1) is 9.00. The molecular formula is C13H11F2N3O. The van der Waals surface area contributed by atoms with E-state index >= 15 is 0 Å². The van der Waals surface area contributed by atoms with E-state index in [1.54, 1.807) is 13.8 Å². The van der Waals surface area contributed by atoms with Crippen molar-refractivity contribution >= 4 is 11.6 Å². The Morgan fingerprint density at radius 2 is 1.63 bits per heavy atom. The second kappa shape index (κ2) is 5.09. The molecule has 1 amide bonds. The number of aryl methyl sites for hydroxylation is 2. The van der Waals surface area contributed by atoms with Gasteiger partial charge in [-0.1, -0.05) is 6.07 Å². The van der Waals surface area contributed by atoms with Crippen molar-refractivity contribution in [1.82, 2.24) is 9.97 Å². The lowest BCUT2D eigenvalue weighted by Gasteiger charge is -2.10. The Morgan fingerprint density at radius 1 is 1.11 bits per heavy atom. The van der Waals surface area contributed by atoms with E-state index in [9.17, 15) is 13.6 Å². The predicted molar refractivity (Wildman–Crippen MR) is 65.8 cm³/mol. The Morgan fingerprint density at radius 3 is 2.16 bits per heavy atom. The molecule has 1 heterocycles. The number of rotatable bonds is 2. The summed E-state index contributed by atoms with van der Waals surface area (Å²) in [7, 11) is 0. The SMILES string of the molecule is Cc1ncnc(C)c1C(=O)Nc1c(F)cccc1F. The Hall–Kier alpha value is -2.37. The van der Waals surface area contributed by atoms with Gasteiger partial charge in [-0.05, 0) is 26.0 Å². The minimum atomic E-state index is -0.833. The van der Waals surface area contributed by atoms with Gasteiger partial charge in [-0.2, -0.15) is 0 Å². The largest absolute Gasteiger partial charge is 0.317 e. The molecule has 1 N–H and O–H groups in total. The molecule has 0 aliphatic heterocycles. The number of benzene rings is 1. The molecule has 2 aromatic rings. The molecule has 0 saturated heterocycles. The summed E-state index contributed by atoms with van der Waals surface area (Å²) in [5, 5.41) is 2.21. The molecule has 1 aromatic carbocycles. The smallest absolute Gasteiger partial charge is 0.259 e. The van der Waals surface area contributed by atoms with Crippen molar-refractivity contribution in [3.63, 3.8) is 0 Å². The van der Waals surface area contributed by atoms with Crippen molar-refractivity contribution in [2.24, 2.45) is 0 Å². The van der Waals surface area contributed by atoms with Gasteiger partial charge in [0.2, 0.25) is 0 Å². The molecule has 0 unspecified atom stereocenters. The highest BCUT2D eigenvalue weighted by Gasteiger charge is 2.17. The molecule has 2 rings (SSSR count). The number of halogens is 2. The second-order valence-corrected chi connectivity index (χ2v) is 3.97. The molecule has 6 heteroatoms. The van der Waals surface area contributed by atoms with Crippen LogP contribution < -0.4 is 5.32 Å². The van der Waals surface area contributed by atoms with Gasteiger partial charge in [-0.25, -0.2) is 18.7 Å². The van der Waals surface area contributed by atoms with Crippen molar-refractivity contribution in [2.45, 2.75) is 13.8 Å². The van der Waals surface area contributed by atoms with E-state index in [-0.39, 0.29) is 5.56 Å². The lowest BCUT2D eigenvalue weighted by Crippen LogP contribution is -2.18. The summed E-state index contributed by atoms with van der Waals surface area (Å²) in [6.07, 6.45) is 1.32. The molecule has 0 aliphatic rings. The van der Waals surface area contributed by atoms with Gasteiger partial charge >= 0.3 is 0 Å². The summed E-state index contributed by atoms with van der Waals surface area (Å²) in [5.74, 6) is -2.30. The third-order valence-electron chi connectivity index (χ3n) is 2.65. The average molecular weight is 263 g/mol. The lowest BCUT2D eigenvalue weighted by molar-refractivity contribution is 0.102. The summed E-state index contributed by atoms with van der Waals surface area (Å²) >= 11 is 0. The first-order valence-electron chi connectivity index (χ1n) is 5.54. The Labute approximate surface area is 108 Å². The van der Waals surface area contributed by atoms with Crippen molar-refractivity contribution in [3.8, 4) is 0 Å². The molecule has 0 radical (unpaired) electrons. The number of nitrogens with one attached hydrogen (secondary N) is 1. The molecule has 0 saturated carbocycles. The van der Waals surface area contributed by atoms with Gasteiger partial charge in [0, 0.05) is 0 Å². The van der Waals surface area contributed by atoms with Crippen LogP contribution in [0.1, 0.15) is 21.7 Å². The molecule has 0 bridgehead atoms. The molecule has 98 valence electrons. The van der Waals surface area contributed by atoms with E-state index in [1.807, 2.05) is 0 Å². The van der Waals surface area contributed by atoms with Crippen LogP contribution in [0.25, 0.3) is 0 Å². The molecule has 0 fully saturated rings. The first kappa shape index (κ1) is 13.1. The van der Waals surface area contributed by atoms with Gasteiger partial charge in [0.25, 0.3) is 5.91 Å². The van der Waals surface area contributed by atoms with Gasteiger partial charge in [-0.3, -0.25) is 4.79 Å². The summed E-state index contributed by atoms with van der Waals surface area (Å²) in [6, 6.07) is 3.36. The Kier molecular flexibility index (Phi) is 3.50. The fourth-order valence-electron chi connectivity index (χ4n) is 1.71. The maximum absolute atomic E-state index is 13.4. The van der Waals surface area contributed by atoms with Gasteiger partial charge in [0.05, 0.1) is 17.0 Å². The van der Waals surface area contributed by atoms with E-state index in [0.717, 1.165) is 12.1 Å². The maximum Gasteiger partial charge on any atom is 0.259 e. The zero-order valence-corrected chi connectivity index (χ0v) is 10.4. The highest BCUT2D eigenvalue weighted by molar-refractivity contribution is 6.05. The van der Waals surface area contributed by atoms with Crippen LogP contribution in [-0.2, 0) is 0 Å². The molecular weight excluding hydrogens is 252 g/mol. The van der Waals surface area contributed by atoms with Gasteiger partial charge in [-0.15, -0.1) is 0 Å². The monoisotopic (exact) mass is 263 g/mol. The van der Waals surface area contributed by atoms with Crippen LogP contribution in [0, 0.1) is 25.5 Å². The predicted octanol–water partition coefficient (Wildman–Crippen LogP) is 2.62. The highest BCUT2D eigenvalue weighted by Crippen LogP contribution is 2.20. The number of hydrogen-bond acceptors (Lipinski definition) is 3. The van der Waals surface area contributed by atoms with Gasteiger partial charge in [0.1, 0.15) is 23.6 Å². The van der Waals surface area contributed by atoms with Gasteiger partial charge < -0.3 is 5.32 Å². The molecule has 0 spiro atoms. The van der Waals surface area contributed by atoms with Crippen LogP contribution in [-0.4, -0.2) is 15.9 Å². The minimum Gasteiger partial charge on any atom is -0.317 e. The minimum absolute atomic E-state index is 0.213. The van der Waals surface area contributed by atoms with Crippen LogP contribution in [0.4, 0.5) is 14.5 Å². The summed E-state index contributed by atoms with van der Waals surface area (Å²) in [4.78, 5) is 19.8. The standard InChI is InChI=1S/C13H11F2N3O/c1-7-11(8(2)17-6-16-7)13(19)18-12-9(14)4-3-5-10(12)15/h3-6H,1-2H3,(H,18,19). The van der Waals surface area contributed by atoms with Crippen LogP contribution in [0.2, 0.25) is 0 Å². The van der Waals surface area contributed by atoms with Crippen LogP contribution in [0.5, 0.6) is 0 Å².